The third-order valence-corrected chi connectivity index (χ3v) is 3.60. The summed E-state index contributed by atoms with van der Waals surface area (Å²) in [7, 11) is 0. The van der Waals surface area contributed by atoms with Gasteiger partial charge in [-0.1, -0.05) is 23.7 Å². The van der Waals surface area contributed by atoms with E-state index in [1.807, 2.05) is 18.2 Å². The fourth-order valence-corrected chi connectivity index (χ4v) is 2.37. The molecule has 2 aromatic rings. The Labute approximate surface area is 114 Å². The molecular weight excluding hydrogens is 272 g/mol. The molecule has 96 valence electrons. The second-order valence-electron chi connectivity index (χ2n) is 3.61. The zero-order valence-corrected chi connectivity index (χ0v) is 11.2. The highest BCUT2D eigenvalue weighted by atomic mass is 35.5. The summed E-state index contributed by atoms with van der Waals surface area (Å²) in [6.45, 7) is 0.210. The summed E-state index contributed by atoms with van der Waals surface area (Å²) in [6.07, 6.45) is 0.774. The van der Waals surface area contributed by atoms with Gasteiger partial charge in [0.15, 0.2) is 0 Å². The first kappa shape index (κ1) is 13.4. The molecule has 2 rings (SSSR count). The van der Waals surface area contributed by atoms with E-state index in [1.165, 1.54) is 0 Å². The van der Waals surface area contributed by atoms with Gasteiger partial charge < -0.3 is 9.52 Å². The Morgan fingerprint density at radius 1 is 1.28 bits per heavy atom. The minimum absolute atomic E-state index is 0.210. The average Bonchev–Trinajstić information content (AvgIpc) is 2.84. The van der Waals surface area contributed by atoms with E-state index in [9.17, 15) is 0 Å². The summed E-state index contributed by atoms with van der Waals surface area (Å²) in [5.41, 5.74) is 0.748. The van der Waals surface area contributed by atoms with Crippen LogP contribution in [0.25, 0.3) is 11.5 Å². The summed E-state index contributed by atoms with van der Waals surface area (Å²) in [4.78, 5) is 0. The van der Waals surface area contributed by atoms with Crippen molar-refractivity contribution >= 4 is 23.4 Å². The van der Waals surface area contributed by atoms with E-state index in [0.717, 1.165) is 17.7 Å². The Hall–Kier alpha value is -1.04. The molecule has 4 nitrogen and oxygen atoms in total. The van der Waals surface area contributed by atoms with Crippen LogP contribution >= 0.6 is 23.4 Å². The first-order chi connectivity index (χ1) is 8.81. The van der Waals surface area contributed by atoms with Crippen LogP contribution in [0.3, 0.4) is 0 Å². The van der Waals surface area contributed by atoms with Crippen LogP contribution in [0.15, 0.2) is 28.7 Å². The first-order valence-corrected chi connectivity index (χ1v) is 7.10. The lowest BCUT2D eigenvalue weighted by atomic mass is 10.2. The number of aromatic nitrogens is 2. The Morgan fingerprint density at radius 2 is 2.11 bits per heavy atom. The first-order valence-electron chi connectivity index (χ1n) is 5.57. The van der Waals surface area contributed by atoms with Gasteiger partial charge in [-0.3, -0.25) is 0 Å². The van der Waals surface area contributed by atoms with Crippen molar-refractivity contribution in [2.75, 3.05) is 12.4 Å². The van der Waals surface area contributed by atoms with Crippen molar-refractivity contribution in [1.29, 1.82) is 0 Å². The van der Waals surface area contributed by atoms with Crippen LogP contribution in [-0.4, -0.2) is 27.7 Å². The quantitative estimate of drug-likeness (QED) is 0.826. The minimum atomic E-state index is 0.210. The molecule has 6 heteroatoms. The molecule has 0 atom stereocenters. The summed E-state index contributed by atoms with van der Waals surface area (Å²) in [6, 6.07) is 7.37. The van der Waals surface area contributed by atoms with Crippen LogP contribution < -0.4 is 0 Å². The molecule has 0 radical (unpaired) electrons. The lowest BCUT2D eigenvalue weighted by Crippen LogP contribution is -1.87. The van der Waals surface area contributed by atoms with Crippen molar-refractivity contribution in [1.82, 2.24) is 10.2 Å². The van der Waals surface area contributed by atoms with Crippen molar-refractivity contribution in [2.24, 2.45) is 0 Å². The van der Waals surface area contributed by atoms with Gasteiger partial charge in [0.05, 0.1) is 16.3 Å². The van der Waals surface area contributed by atoms with Gasteiger partial charge in [0.1, 0.15) is 0 Å². The van der Waals surface area contributed by atoms with Crippen LogP contribution in [-0.2, 0) is 5.75 Å². The van der Waals surface area contributed by atoms with Gasteiger partial charge in [0.2, 0.25) is 11.8 Å². The molecule has 0 fully saturated rings. The molecule has 0 amide bonds. The Morgan fingerprint density at radius 3 is 2.89 bits per heavy atom. The Bertz CT molecular complexity index is 504. The van der Waals surface area contributed by atoms with E-state index in [-0.39, 0.29) is 6.61 Å². The second kappa shape index (κ2) is 6.78. The maximum atomic E-state index is 8.67. The summed E-state index contributed by atoms with van der Waals surface area (Å²) in [5.74, 6) is 2.55. The summed E-state index contributed by atoms with van der Waals surface area (Å²) in [5, 5.41) is 17.2. The maximum Gasteiger partial charge on any atom is 0.249 e. The maximum absolute atomic E-state index is 8.67. The molecule has 0 aliphatic carbocycles. The number of halogens is 1. The SMILES string of the molecule is OCCCSCc1nnc(-c2ccccc2Cl)o1. The molecule has 18 heavy (non-hydrogen) atoms. The van der Waals surface area contributed by atoms with Crippen LogP contribution in [0, 0.1) is 0 Å². The van der Waals surface area contributed by atoms with E-state index < -0.39 is 0 Å². The van der Waals surface area contributed by atoms with Crippen molar-refractivity contribution in [3.8, 4) is 11.5 Å². The predicted octanol–water partition coefficient (Wildman–Crippen LogP) is 3.01. The number of aliphatic hydroxyl groups excluding tert-OH is 1. The van der Waals surface area contributed by atoms with Crippen LogP contribution in [0.2, 0.25) is 5.02 Å². The number of rotatable bonds is 6. The minimum Gasteiger partial charge on any atom is -0.420 e. The largest absolute Gasteiger partial charge is 0.420 e. The zero-order valence-electron chi connectivity index (χ0n) is 9.67. The van der Waals surface area contributed by atoms with Crippen LogP contribution in [0.1, 0.15) is 12.3 Å². The normalized spacial score (nSPS) is 10.8. The standard InChI is InChI=1S/C12H13ClN2O2S/c13-10-5-2-1-4-9(10)12-15-14-11(17-12)8-18-7-3-6-16/h1-2,4-5,16H,3,6-8H2. The number of hydrogen-bond donors (Lipinski definition) is 1. The molecule has 0 unspecified atom stereocenters. The topological polar surface area (TPSA) is 59.2 Å². The molecule has 1 aromatic carbocycles. The van der Waals surface area contributed by atoms with E-state index in [2.05, 4.69) is 10.2 Å². The molecule has 0 saturated heterocycles. The van der Waals surface area contributed by atoms with Gasteiger partial charge >= 0.3 is 0 Å². The smallest absolute Gasteiger partial charge is 0.249 e. The summed E-state index contributed by atoms with van der Waals surface area (Å²) >= 11 is 7.71. The Balaban J connectivity index is 2.00. The van der Waals surface area contributed by atoms with Crippen molar-refractivity contribution < 1.29 is 9.52 Å². The molecule has 0 spiro atoms. The van der Waals surface area contributed by atoms with Gasteiger partial charge in [0.25, 0.3) is 0 Å². The van der Waals surface area contributed by atoms with Gasteiger partial charge in [-0.05, 0) is 24.3 Å². The molecular formula is C12H13ClN2O2S. The second-order valence-corrected chi connectivity index (χ2v) is 5.12. The molecule has 1 aromatic heterocycles. The third-order valence-electron chi connectivity index (χ3n) is 2.24. The van der Waals surface area contributed by atoms with Gasteiger partial charge in [-0.25, -0.2) is 0 Å². The zero-order chi connectivity index (χ0) is 12.8. The number of benzene rings is 1. The molecule has 0 aliphatic rings. The van der Waals surface area contributed by atoms with Gasteiger partial charge in [-0.2, -0.15) is 11.8 Å². The van der Waals surface area contributed by atoms with Crippen molar-refractivity contribution in [3.05, 3.63) is 35.2 Å². The van der Waals surface area contributed by atoms with E-state index in [0.29, 0.717) is 22.6 Å². The number of thioether (sulfide) groups is 1. The summed E-state index contributed by atoms with van der Waals surface area (Å²) < 4.78 is 5.54. The molecule has 0 aliphatic heterocycles. The lowest BCUT2D eigenvalue weighted by Gasteiger charge is -1.97. The van der Waals surface area contributed by atoms with Crippen molar-refractivity contribution in [2.45, 2.75) is 12.2 Å². The fraction of sp³-hybridized carbons (Fsp3) is 0.333. The van der Waals surface area contributed by atoms with Crippen LogP contribution in [0.4, 0.5) is 0 Å². The molecule has 0 bridgehead atoms. The monoisotopic (exact) mass is 284 g/mol. The average molecular weight is 285 g/mol. The van der Waals surface area contributed by atoms with E-state index in [1.54, 1.807) is 17.8 Å². The fourth-order valence-electron chi connectivity index (χ4n) is 1.38. The van der Waals surface area contributed by atoms with Gasteiger partial charge in [-0.15, -0.1) is 10.2 Å². The Kier molecular flexibility index (Phi) is 5.04. The molecule has 1 heterocycles. The number of aliphatic hydroxyl groups is 1. The predicted molar refractivity (Wildman–Crippen MR) is 72.6 cm³/mol. The van der Waals surface area contributed by atoms with Gasteiger partial charge in [0, 0.05) is 6.61 Å². The van der Waals surface area contributed by atoms with E-state index in [4.69, 9.17) is 21.1 Å². The highest BCUT2D eigenvalue weighted by Gasteiger charge is 2.11. The number of nitrogens with zero attached hydrogens (tertiary/aromatic N) is 2. The molecule has 1 N–H and O–H groups in total. The highest BCUT2D eigenvalue weighted by molar-refractivity contribution is 7.98. The molecule has 0 saturated carbocycles. The number of hydrogen-bond acceptors (Lipinski definition) is 5. The lowest BCUT2D eigenvalue weighted by molar-refractivity contribution is 0.296. The van der Waals surface area contributed by atoms with Crippen LogP contribution in [0.5, 0.6) is 0 Å². The highest BCUT2D eigenvalue weighted by Crippen LogP contribution is 2.26. The third kappa shape index (κ3) is 3.48. The van der Waals surface area contributed by atoms with Crippen molar-refractivity contribution in [3.63, 3.8) is 0 Å². The van der Waals surface area contributed by atoms with E-state index >= 15 is 0 Å².